The minimum absolute atomic E-state index is 0.0241. The van der Waals surface area contributed by atoms with Gasteiger partial charge in [0.25, 0.3) is 5.56 Å². The predicted molar refractivity (Wildman–Crippen MR) is 128 cm³/mol. The van der Waals surface area contributed by atoms with Crippen molar-refractivity contribution in [3.8, 4) is 11.1 Å². The number of fused-ring (bicyclic) bond motifs is 3. The first-order valence-corrected chi connectivity index (χ1v) is 12.3. The first-order chi connectivity index (χ1) is 16.5. The largest absolute Gasteiger partial charge is 0.396 e. The van der Waals surface area contributed by atoms with Gasteiger partial charge >= 0.3 is 0 Å². The summed E-state index contributed by atoms with van der Waals surface area (Å²) >= 11 is 0. The molecule has 1 aromatic heterocycles. The summed E-state index contributed by atoms with van der Waals surface area (Å²) in [6.07, 6.45) is 3.72. The molecule has 0 spiro atoms. The maximum absolute atomic E-state index is 13.3. The molecule has 0 aliphatic carbocycles. The van der Waals surface area contributed by atoms with Gasteiger partial charge in [-0.2, -0.15) is 0 Å². The molecule has 5 rings (SSSR count). The van der Waals surface area contributed by atoms with Crippen LogP contribution in [0.5, 0.6) is 0 Å². The smallest absolute Gasteiger partial charge is 0.258 e. The van der Waals surface area contributed by atoms with Crippen LogP contribution < -0.4 is 10.9 Å². The number of piperidine rings is 1. The second kappa shape index (κ2) is 9.60. The first-order valence-electron chi connectivity index (χ1n) is 12.3. The van der Waals surface area contributed by atoms with Gasteiger partial charge in [0.05, 0.1) is 12.1 Å². The van der Waals surface area contributed by atoms with E-state index in [1.807, 2.05) is 18.0 Å². The highest BCUT2D eigenvalue weighted by atomic mass is 19.1. The normalized spacial score (nSPS) is 26.9. The van der Waals surface area contributed by atoms with Crippen LogP contribution in [0, 0.1) is 17.7 Å². The second-order valence-corrected chi connectivity index (χ2v) is 9.85. The van der Waals surface area contributed by atoms with Gasteiger partial charge < -0.3 is 19.9 Å². The lowest BCUT2D eigenvalue weighted by atomic mass is 9.88. The lowest BCUT2D eigenvalue weighted by molar-refractivity contribution is -0.127. The number of nitrogens with zero attached hydrogens (tertiary/aromatic N) is 3. The number of hydrogen-bond acceptors (Lipinski definition) is 5. The molecular weight excluding hydrogens is 435 g/mol. The molecule has 2 saturated heterocycles. The fourth-order valence-electron chi connectivity index (χ4n) is 6.25. The molecule has 4 heterocycles. The van der Waals surface area contributed by atoms with Gasteiger partial charge in [0.2, 0.25) is 5.91 Å². The quantitative estimate of drug-likeness (QED) is 0.677. The SMILES string of the molecule is CN1[C@@H]2c3ccc(-c4ccc(F)cc4)c(=O)n3C[C@@H]2[C@@H](CO)[C@@H]1C(=O)NCCN1CCCCC1. The average Bonchev–Trinajstić information content (AvgIpc) is 3.36. The predicted octanol–water partition coefficient (Wildman–Crippen LogP) is 1.85. The second-order valence-electron chi connectivity index (χ2n) is 9.85. The number of amides is 1. The van der Waals surface area contributed by atoms with Crippen LogP contribution in [0.15, 0.2) is 41.2 Å². The highest BCUT2D eigenvalue weighted by molar-refractivity contribution is 5.82. The third kappa shape index (κ3) is 4.08. The van der Waals surface area contributed by atoms with E-state index < -0.39 is 6.04 Å². The van der Waals surface area contributed by atoms with Crippen LogP contribution in [0.25, 0.3) is 11.1 Å². The van der Waals surface area contributed by atoms with Crippen molar-refractivity contribution in [2.75, 3.05) is 39.8 Å². The van der Waals surface area contributed by atoms with E-state index >= 15 is 0 Å². The van der Waals surface area contributed by atoms with Gasteiger partial charge in [0, 0.05) is 49.3 Å². The number of benzene rings is 1. The standard InChI is InChI=1S/C26H33FN4O3/c1-29-23-20(21(16-32)24(29)25(33)28-11-14-30-12-3-2-4-13-30)15-31-22(23)10-9-19(26(31)34)17-5-7-18(27)8-6-17/h5-10,20-21,23-24,32H,2-4,11-16H2,1H3,(H,28,33)/t20-,21-,23+,24-/m1/s1. The van der Waals surface area contributed by atoms with Crippen molar-refractivity contribution in [3.63, 3.8) is 0 Å². The van der Waals surface area contributed by atoms with E-state index in [0.29, 0.717) is 24.2 Å². The van der Waals surface area contributed by atoms with Gasteiger partial charge in [-0.1, -0.05) is 18.6 Å². The van der Waals surface area contributed by atoms with Gasteiger partial charge in [0.15, 0.2) is 0 Å². The summed E-state index contributed by atoms with van der Waals surface area (Å²) < 4.78 is 15.1. The molecule has 0 radical (unpaired) electrons. The number of hydrogen-bond donors (Lipinski definition) is 2. The summed E-state index contributed by atoms with van der Waals surface area (Å²) in [6.45, 7) is 3.99. The van der Waals surface area contributed by atoms with Gasteiger partial charge in [-0.15, -0.1) is 0 Å². The molecule has 1 amide bonds. The minimum Gasteiger partial charge on any atom is -0.396 e. The summed E-state index contributed by atoms with van der Waals surface area (Å²) in [5.74, 6) is -0.667. The Balaban J connectivity index is 1.33. The third-order valence-corrected chi connectivity index (χ3v) is 7.95. The van der Waals surface area contributed by atoms with E-state index in [1.54, 1.807) is 22.8 Å². The van der Waals surface area contributed by atoms with Crippen LogP contribution in [0.2, 0.25) is 0 Å². The molecule has 0 unspecified atom stereocenters. The number of likely N-dealkylation sites (tertiary alicyclic amines) is 2. The number of pyridine rings is 1. The summed E-state index contributed by atoms with van der Waals surface area (Å²) in [5, 5.41) is 13.3. The van der Waals surface area contributed by atoms with E-state index in [1.165, 1.54) is 31.4 Å². The molecule has 2 aromatic rings. The van der Waals surface area contributed by atoms with Crippen molar-refractivity contribution in [3.05, 3.63) is 58.3 Å². The first kappa shape index (κ1) is 23.2. The number of nitrogens with one attached hydrogen (secondary N) is 1. The zero-order valence-electron chi connectivity index (χ0n) is 19.6. The maximum atomic E-state index is 13.3. The van der Waals surface area contributed by atoms with Crippen molar-refractivity contribution in [2.24, 2.45) is 11.8 Å². The zero-order chi connectivity index (χ0) is 23.8. The molecule has 3 aliphatic heterocycles. The van der Waals surface area contributed by atoms with E-state index in [0.717, 1.165) is 25.3 Å². The number of aliphatic hydroxyl groups is 1. The zero-order valence-corrected chi connectivity index (χ0v) is 19.6. The molecule has 7 nitrogen and oxygen atoms in total. The maximum Gasteiger partial charge on any atom is 0.258 e. The van der Waals surface area contributed by atoms with Crippen LogP contribution >= 0.6 is 0 Å². The Bertz CT molecular complexity index is 1100. The molecule has 3 aliphatic rings. The number of carbonyl (C=O) groups excluding carboxylic acids is 1. The van der Waals surface area contributed by atoms with Gasteiger partial charge in [-0.05, 0) is 62.8 Å². The van der Waals surface area contributed by atoms with Crippen LogP contribution in [0.1, 0.15) is 31.0 Å². The van der Waals surface area contributed by atoms with Gasteiger partial charge in [-0.25, -0.2) is 4.39 Å². The molecule has 8 heteroatoms. The molecule has 0 saturated carbocycles. The Morgan fingerprint density at radius 3 is 2.56 bits per heavy atom. The Labute approximate surface area is 199 Å². The Morgan fingerprint density at radius 1 is 1.12 bits per heavy atom. The van der Waals surface area contributed by atoms with Crippen molar-refractivity contribution in [2.45, 2.75) is 37.9 Å². The van der Waals surface area contributed by atoms with Gasteiger partial charge in [0.1, 0.15) is 5.82 Å². The van der Waals surface area contributed by atoms with E-state index in [-0.39, 0.29) is 41.8 Å². The molecule has 2 N–H and O–H groups in total. The Morgan fingerprint density at radius 2 is 1.85 bits per heavy atom. The average molecular weight is 469 g/mol. The van der Waals surface area contributed by atoms with Crippen molar-refractivity contribution in [1.29, 1.82) is 0 Å². The molecule has 2 fully saturated rings. The fourth-order valence-corrected chi connectivity index (χ4v) is 6.25. The monoisotopic (exact) mass is 468 g/mol. The Hall–Kier alpha value is -2.55. The lowest BCUT2D eigenvalue weighted by Gasteiger charge is -2.29. The van der Waals surface area contributed by atoms with Crippen LogP contribution in [-0.4, -0.2) is 71.3 Å². The Kier molecular flexibility index (Phi) is 6.55. The lowest BCUT2D eigenvalue weighted by Crippen LogP contribution is -2.48. The molecule has 1 aromatic carbocycles. The molecule has 182 valence electrons. The number of rotatable bonds is 6. The number of aliphatic hydroxyl groups excluding tert-OH is 1. The molecule has 0 bridgehead atoms. The number of aromatic nitrogens is 1. The summed E-state index contributed by atoms with van der Waals surface area (Å²) in [6, 6.07) is 9.12. The van der Waals surface area contributed by atoms with Crippen LogP contribution in [0.3, 0.4) is 0 Å². The van der Waals surface area contributed by atoms with Gasteiger partial charge in [-0.3, -0.25) is 14.5 Å². The highest BCUT2D eigenvalue weighted by Gasteiger charge is 2.54. The van der Waals surface area contributed by atoms with E-state index in [9.17, 15) is 19.1 Å². The van der Waals surface area contributed by atoms with Crippen LogP contribution in [-0.2, 0) is 11.3 Å². The third-order valence-electron chi connectivity index (χ3n) is 7.95. The molecule has 34 heavy (non-hydrogen) atoms. The van der Waals surface area contributed by atoms with Crippen molar-refractivity contribution < 1.29 is 14.3 Å². The summed E-state index contributed by atoms with van der Waals surface area (Å²) in [5.41, 5.74) is 1.95. The minimum atomic E-state index is -0.429. The summed E-state index contributed by atoms with van der Waals surface area (Å²) in [4.78, 5) is 30.9. The number of carbonyl (C=O) groups is 1. The number of halogens is 1. The fraction of sp³-hybridized carbons (Fsp3) is 0.538. The molecule has 4 atom stereocenters. The highest BCUT2D eigenvalue weighted by Crippen LogP contribution is 2.48. The summed E-state index contributed by atoms with van der Waals surface area (Å²) in [7, 11) is 1.91. The van der Waals surface area contributed by atoms with Crippen molar-refractivity contribution >= 4 is 5.91 Å². The van der Waals surface area contributed by atoms with Crippen LogP contribution in [0.4, 0.5) is 4.39 Å². The van der Waals surface area contributed by atoms with Crippen molar-refractivity contribution in [1.82, 2.24) is 19.7 Å². The topological polar surface area (TPSA) is 77.8 Å². The van der Waals surface area contributed by atoms with E-state index in [4.69, 9.17) is 0 Å². The molecular formula is C26H33FN4O3. The van der Waals surface area contributed by atoms with E-state index in [2.05, 4.69) is 10.2 Å². The number of likely N-dealkylation sites (N-methyl/N-ethyl adjacent to an activating group) is 1.